The molecule has 148 valence electrons. The molecule has 4 rings (SSSR count). The van der Waals surface area contributed by atoms with Crippen molar-refractivity contribution < 1.29 is 18.4 Å². The van der Waals surface area contributed by atoms with Gasteiger partial charge in [0.05, 0.1) is 25.8 Å². The zero-order chi connectivity index (χ0) is 20.2. The number of hydrogen-bond acceptors (Lipinski definition) is 7. The van der Waals surface area contributed by atoms with E-state index in [4.69, 9.17) is 18.4 Å². The molecule has 7 nitrogen and oxygen atoms in total. The maximum atomic E-state index is 5.84. The van der Waals surface area contributed by atoms with Crippen LogP contribution < -0.4 is 9.47 Å². The summed E-state index contributed by atoms with van der Waals surface area (Å²) >= 11 is 0. The average molecular weight is 391 g/mol. The molecule has 0 atom stereocenters. The van der Waals surface area contributed by atoms with Crippen molar-refractivity contribution >= 4 is 0 Å². The first-order valence-electron chi connectivity index (χ1n) is 9.33. The van der Waals surface area contributed by atoms with E-state index in [-0.39, 0.29) is 0 Å². The summed E-state index contributed by atoms with van der Waals surface area (Å²) in [6.45, 7) is 4.46. The maximum absolute atomic E-state index is 5.84. The molecule has 0 fully saturated rings. The summed E-state index contributed by atoms with van der Waals surface area (Å²) in [5.41, 5.74) is 2.45. The lowest BCUT2D eigenvalue weighted by Crippen LogP contribution is -1.93. The molecule has 2 aromatic carbocycles. The SMILES string of the molecule is CCOc1ccc(-c2nc(Cc3noc(-c4cccc(OC)c4)n3)c(C)o2)cc1. The minimum atomic E-state index is 0.416. The molecule has 0 amide bonds. The van der Waals surface area contributed by atoms with E-state index in [0.717, 1.165) is 34.1 Å². The minimum Gasteiger partial charge on any atom is -0.497 e. The van der Waals surface area contributed by atoms with Gasteiger partial charge in [-0.1, -0.05) is 11.2 Å². The van der Waals surface area contributed by atoms with Gasteiger partial charge in [-0.2, -0.15) is 4.98 Å². The van der Waals surface area contributed by atoms with E-state index in [2.05, 4.69) is 15.1 Å². The third-order valence-electron chi connectivity index (χ3n) is 4.42. The summed E-state index contributed by atoms with van der Waals surface area (Å²) in [7, 11) is 1.62. The van der Waals surface area contributed by atoms with E-state index in [0.29, 0.717) is 30.6 Å². The van der Waals surface area contributed by atoms with Gasteiger partial charge in [0.1, 0.15) is 17.3 Å². The summed E-state index contributed by atoms with van der Waals surface area (Å²) in [6, 6.07) is 15.1. The first-order chi connectivity index (χ1) is 14.2. The van der Waals surface area contributed by atoms with Crippen LogP contribution in [0.4, 0.5) is 0 Å². The fourth-order valence-corrected chi connectivity index (χ4v) is 2.92. The summed E-state index contributed by atoms with van der Waals surface area (Å²) in [4.78, 5) is 9.09. The van der Waals surface area contributed by atoms with Gasteiger partial charge in [0.15, 0.2) is 5.82 Å². The van der Waals surface area contributed by atoms with E-state index in [1.165, 1.54) is 0 Å². The Bertz CT molecular complexity index is 1100. The normalized spacial score (nSPS) is 10.9. The summed E-state index contributed by atoms with van der Waals surface area (Å²) in [5.74, 6) is 3.80. The van der Waals surface area contributed by atoms with Crippen LogP contribution in [0.1, 0.15) is 24.2 Å². The zero-order valence-corrected chi connectivity index (χ0v) is 16.5. The van der Waals surface area contributed by atoms with Crippen molar-refractivity contribution in [1.82, 2.24) is 15.1 Å². The van der Waals surface area contributed by atoms with Crippen LogP contribution >= 0.6 is 0 Å². The highest BCUT2D eigenvalue weighted by Crippen LogP contribution is 2.26. The fourth-order valence-electron chi connectivity index (χ4n) is 2.92. The van der Waals surface area contributed by atoms with Crippen molar-refractivity contribution in [2.75, 3.05) is 13.7 Å². The Morgan fingerprint density at radius 1 is 0.931 bits per heavy atom. The van der Waals surface area contributed by atoms with Gasteiger partial charge in [-0.15, -0.1) is 0 Å². The molecule has 0 saturated heterocycles. The van der Waals surface area contributed by atoms with Crippen LogP contribution in [0.3, 0.4) is 0 Å². The number of oxazole rings is 1. The van der Waals surface area contributed by atoms with E-state index >= 15 is 0 Å². The predicted molar refractivity (Wildman–Crippen MR) is 107 cm³/mol. The zero-order valence-electron chi connectivity index (χ0n) is 16.5. The van der Waals surface area contributed by atoms with Gasteiger partial charge in [0.2, 0.25) is 5.89 Å². The largest absolute Gasteiger partial charge is 0.497 e. The van der Waals surface area contributed by atoms with Crippen LogP contribution in [-0.4, -0.2) is 28.8 Å². The van der Waals surface area contributed by atoms with Crippen molar-refractivity contribution in [1.29, 1.82) is 0 Å². The highest BCUT2D eigenvalue weighted by atomic mass is 16.5. The quantitative estimate of drug-likeness (QED) is 0.451. The second-order valence-corrected chi connectivity index (χ2v) is 6.40. The average Bonchev–Trinajstić information content (AvgIpc) is 3.36. The van der Waals surface area contributed by atoms with Gasteiger partial charge < -0.3 is 18.4 Å². The molecular formula is C22H21N3O4. The van der Waals surface area contributed by atoms with Crippen LogP contribution in [0.15, 0.2) is 57.5 Å². The first kappa shape index (κ1) is 18.7. The Morgan fingerprint density at radius 2 is 1.76 bits per heavy atom. The second kappa shape index (κ2) is 8.18. The van der Waals surface area contributed by atoms with Gasteiger partial charge in [-0.05, 0) is 56.3 Å². The Balaban J connectivity index is 1.52. The predicted octanol–water partition coefficient (Wildman–Crippen LogP) is 4.70. The van der Waals surface area contributed by atoms with E-state index in [1.54, 1.807) is 7.11 Å². The van der Waals surface area contributed by atoms with Gasteiger partial charge in [-0.3, -0.25) is 0 Å². The molecule has 0 aliphatic carbocycles. The molecule has 4 aromatic rings. The number of rotatable bonds is 7. The smallest absolute Gasteiger partial charge is 0.258 e. The van der Waals surface area contributed by atoms with Crippen LogP contribution in [0.2, 0.25) is 0 Å². The topological polar surface area (TPSA) is 83.4 Å². The molecule has 0 spiro atoms. The Kier molecular flexibility index (Phi) is 5.29. The summed E-state index contributed by atoms with van der Waals surface area (Å²) in [5, 5.41) is 4.07. The summed E-state index contributed by atoms with van der Waals surface area (Å²) < 4.78 is 22.0. The number of ether oxygens (including phenoxy) is 2. The van der Waals surface area contributed by atoms with Gasteiger partial charge >= 0.3 is 0 Å². The Morgan fingerprint density at radius 3 is 2.52 bits per heavy atom. The van der Waals surface area contributed by atoms with Gasteiger partial charge in [0.25, 0.3) is 5.89 Å². The lowest BCUT2D eigenvalue weighted by Gasteiger charge is -2.02. The first-order valence-corrected chi connectivity index (χ1v) is 9.33. The number of methoxy groups -OCH3 is 1. The molecule has 0 bridgehead atoms. The number of aromatic nitrogens is 3. The third-order valence-corrected chi connectivity index (χ3v) is 4.42. The standard InChI is InChI=1S/C22H21N3O4/c1-4-27-17-10-8-15(9-11-17)21-23-19(14(2)28-21)13-20-24-22(29-25-20)16-6-5-7-18(12-16)26-3/h5-12H,4,13H2,1-3H3. The molecule has 2 aromatic heterocycles. The van der Waals surface area contributed by atoms with Crippen molar-refractivity contribution in [2.45, 2.75) is 20.3 Å². The number of benzene rings is 2. The van der Waals surface area contributed by atoms with Crippen LogP contribution in [0, 0.1) is 6.92 Å². The molecule has 29 heavy (non-hydrogen) atoms. The molecule has 2 heterocycles. The molecule has 0 radical (unpaired) electrons. The lowest BCUT2D eigenvalue weighted by atomic mass is 10.2. The minimum absolute atomic E-state index is 0.416. The second-order valence-electron chi connectivity index (χ2n) is 6.40. The Labute approximate surface area is 168 Å². The molecule has 0 aliphatic heterocycles. The monoisotopic (exact) mass is 391 g/mol. The molecule has 0 unspecified atom stereocenters. The molecule has 0 aliphatic rings. The van der Waals surface area contributed by atoms with Crippen molar-refractivity contribution in [2.24, 2.45) is 0 Å². The van der Waals surface area contributed by atoms with Gasteiger partial charge in [0, 0.05) is 11.1 Å². The highest BCUT2D eigenvalue weighted by molar-refractivity contribution is 5.56. The van der Waals surface area contributed by atoms with Crippen LogP contribution in [-0.2, 0) is 6.42 Å². The van der Waals surface area contributed by atoms with Crippen molar-refractivity contribution in [3.63, 3.8) is 0 Å². The Hall–Kier alpha value is -3.61. The van der Waals surface area contributed by atoms with Gasteiger partial charge in [-0.25, -0.2) is 4.98 Å². The molecular weight excluding hydrogens is 370 g/mol. The van der Waals surface area contributed by atoms with E-state index in [9.17, 15) is 0 Å². The fraction of sp³-hybridized carbons (Fsp3) is 0.227. The van der Waals surface area contributed by atoms with Crippen molar-refractivity contribution in [3.05, 3.63) is 65.8 Å². The molecule has 0 saturated carbocycles. The third kappa shape index (κ3) is 4.13. The van der Waals surface area contributed by atoms with Crippen molar-refractivity contribution in [3.8, 4) is 34.4 Å². The summed E-state index contributed by atoms with van der Waals surface area (Å²) in [6.07, 6.45) is 0.416. The number of nitrogens with zero attached hydrogens (tertiary/aromatic N) is 3. The van der Waals surface area contributed by atoms with Crippen LogP contribution in [0.5, 0.6) is 11.5 Å². The molecule has 7 heteroatoms. The number of aryl methyl sites for hydroxylation is 1. The van der Waals surface area contributed by atoms with E-state index < -0.39 is 0 Å². The molecule has 0 N–H and O–H groups in total. The lowest BCUT2D eigenvalue weighted by molar-refractivity contribution is 0.340. The maximum Gasteiger partial charge on any atom is 0.258 e. The highest BCUT2D eigenvalue weighted by Gasteiger charge is 2.16. The van der Waals surface area contributed by atoms with E-state index in [1.807, 2.05) is 62.4 Å². The van der Waals surface area contributed by atoms with Crippen LogP contribution in [0.25, 0.3) is 22.9 Å². The number of hydrogen-bond donors (Lipinski definition) is 0.